The van der Waals surface area contributed by atoms with E-state index in [1.54, 1.807) is 6.33 Å². The van der Waals surface area contributed by atoms with Gasteiger partial charge in [-0.2, -0.15) is 0 Å². The molecule has 0 atom stereocenters. The summed E-state index contributed by atoms with van der Waals surface area (Å²) in [5.41, 5.74) is 4.59. The number of nitrogens with one attached hydrogen (secondary N) is 1. The highest BCUT2D eigenvalue weighted by Gasteiger charge is 2.08. The number of hydrogen-bond donors (Lipinski definition) is 1. The third-order valence-corrected chi connectivity index (χ3v) is 3.06. The Morgan fingerprint density at radius 2 is 1.78 bits per heavy atom. The van der Waals surface area contributed by atoms with Crippen LogP contribution in [0.5, 0.6) is 0 Å². The topological polar surface area (TPSA) is 37.8 Å². The zero-order valence-electron chi connectivity index (χ0n) is 11.2. The minimum Gasteiger partial charge on any atom is -0.370 e. The zero-order chi connectivity index (χ0) is 13.0. The average Bonchev–Trinajstić information content (AvgIpc) is 2.42. The SMILES string of the molecule is CCNc1ncnc(-c2ccc(CC)cc2)c1C. The second-order valence-corrected chi connectivity index (χ2v) is 4.28. The maximum Gasteiger partial charge on any atom is 0.132 e. The zero-order valence-corrected chi connectivity index (χ0v) is 11.2. The molecule has 2 aromatic rings. The van der Waals surface area contributed by atoms with Crippen molar-refractivity contribution in [3.8, 4) is 11.3 Å². The molecule has 0 aliphatic carbocycles. The highest BCUT2D eigenvalue weighted by atomic mass is 15.0. The molecule has 0 fully saturated rings. The molecule has 0 unspecified atom stereocenters. The van der Waals surface area contributed by atoms with Gasteiger partial charge in [-0.1, -0.05) is 31.2 Å². The van der Waals surface area contributed by atoms with Crippen LogP contribution >= 0.6 is 0 Å². The van der Waals surface area contributed by atoms with E-state index in [2.05, 4.69) is 60.3 Å². The quantitative estimate of drug-likeness (QED) is 0.891. The fraction of sp³-hybridized carbons (Fsp3) is 0.333. The molecule has 0 amide bonds. The number of rotatable bonds is 4. The second kappa shape index (κ2) is 5.63. The average molecular weight is 241 g/mol. The summed E-state index contributed by atoms with van der Waals surface area (Å²) in [5, 5.41) is 3.26. The molecule has 3 heteroatoms. The van der Waals surface area contributed by atoms with Crippen LogP contribution < -0.4 is 5.32 Å². The summed E-state index contributed by atoms with van der Waals surface area (Å²) in [4.78, 5) is 8.66. The predicted molar refractivity (Wildman–Crippen MR) is 75.7 cm³/mol. The summed E-state index contributed by atoms with van der Waals surface area (Å²) in [6.07, 6.45) is 2.68. The van der Waals surface area contributed by atoms with Gasteiger partial charge in [0.2, 0.25) is 0 Å². The molecule has 1 aromatic heterocycles. The number of benzene rings is 1. The summed E-state index contributed by atoms with van der Waals surface area (Å²) in [6.45, 7) is 7.15. The lowest BCUT2D eigenvalue weighted by molar-refractivity contribution is 1.08. The normalized spacial score (nSPS) is 10.4. The number of nitrogens with zero attached hydrogens (tertiary/aromatic N) is 2. The van der Waals surface area contributed by atoms with Gasteiger partial charge < -0.3 is 5.32 Å². The minimum absolute atomic E-state index is 0.867. The number of aromatic nitrogens is 2. The Morgan fingerprint density at radius 3 is 2.39 bits per heavy atom. The maximum atomic E-state index is 4.40. The van der Waals surface area contributed by atoms with Gasteiger partial charge in [0.25, 0.3) is 0 Å². The summed E-state index contributed by atoms with van der Waals surface area (Å²) in [7, 11) is 0. The monoisotopic (exact) mass is 241 g/mol. The molecular formula is C15H19N3. The largest absolute Gasteiger partial charge is 0.370 e. The summed E-state index contributed by atoms with van der Waals surface area (Å²) in [6, 6.07) is 8.57. The molecule has 94 valence electrons. The molecule has 1 heterocycles. The van der Waals surface area contributed by atoms with E-state index < -0.39 is 0 Å². The molecule has 0 bridgehead atoms. The van der Waals surface area contributed by atoms with Crippen molar-refractivity contribution in [3.63, 3.8) is 0 Å². The predicted octanol–water partition coefficient (Wildman–Crippen LogP) is 3.45. The first kappa shape index (κ1) is 12.6. The summed E-state index contributed by atoms with van der Waals surface area (Å²) in [5.74, 6) is 0.919. The molecule has 18 heavy (non-hydrogen) atoms. The van der Waals surface area contributed by atoms with Crippen LogP contribution in [0.15, 0.2) is 30.6 Å². The Labute approximate surface area is 108 Å². The molecule has 0 aliphatic heterocycles. The van der Waals surface area contributed by atoms with Crippen LogP contribution in [0.25, 0.3) is 11.3 Å². The van der Waals surface area contributed by atoms with Crippen molar-refractivity contribution in [3.05, 3.63) is 41.7 Å². The third-order valence-electron chi connectivity index (χ3n) is 3.06. The van der Waals surface area contributed by atoms with Crippen molar-refractivity contribution in [1.82, 2.24) is 9.97 Å². The third kappa shape index (κ3) is 2.50. The van der Waals surface area contributed by atoms with Gasteiger partial charge in [-0.15, -0.1) is 0 Å². The maximum absolute atomic E-state index is 4.40. The lowest BCUT2D eigenvalue weighted by Crippen LogP contribution is -2.03. The number of aryl methyl sites for hydroxylation is 1. The van der Waals surface area contributed by atoms with E-state index in [9.17, 15) is 0 Å². The van der Waals surface area contributed by atoms with Gasteiger partial charge in [-0.3, -0.25) is 0 Å². The van der Waals surface area contributed by atoms with Crippen molar-refractivity contribution in [1.29, 1.82) is 0 Å². The van der Waals surface area contributed by atoms with Crippen LogP contribution in [0.2, 0.25) is 0 Å². The molecular weight excluding hydrogens is 222 g/mol. The van der Waals surface area contributed by atoms with Crippen LogP contribution in [0.1, 0.15) is 25.0 Å². The number of hydrogen-bond acceptors (Lipinski definition) is 3. The smallest absolute Gasteiger partial charge is 0.132 e. The van der Waals surface area contributed by atoms with E-state index >= 15 is 0 Å². The van der Waals surface area contributed by atoms with Gasteiger partial charge >= 0.3 is 0 Å². The van der Waals surface area contributed by atoms with E-state index in [4.69, 9.17) is 0 Å². The number of anilines is 1. The lowest BCUT2D eigenvalue weighted by atomic mass is 10.0. The van der Waals surface area contributed by atoms with E-state index in [1.165, 1.54) is 5.56 Å². The lowest BCUT2D eigenvalue weighted by Gasteiger charge is -2.10. The Morgan fingerprint density at radius 1 is 1.06 bits per heavy atom. The second-order valence-electron chi connectivity index (χ2n) is 4.28. The molecule has 0 aliphatic rings. The van der Waals surface area contributed by atoms with Crippen LogP contribution in [-0.4, -0.2) is 16.5 Å². The summed E-state index contributed by atoms with van der Waals surface area (Å²) >= 11 is 0. The minimum atomic E-state index is 0.867. The van der Waals surface area contributed by atoms with Gasteiger partial charge in [0.15, 0.2) is 0 Å². The first-order chi connectivity index (χ1) is 8.76. The Hall–Kier alpha value is -1.90. The highest BCUT2D eigenvalue weighted by Crippen LogP contribution is 2.24. The first-order valence-electron chi connectivity index (χ1n) is 6.41. The first-order valence-corrected chi connectivity index (χ1v) is 6.41. The van der Waals surface area contributed by atoms with Crippen molar-refractivity contribution < 1.29 is 0 Å². The van der Waals surface area contributed by atoms with Crippen molar-refractivity contribution in [2.75, 3.05) is 11.9 Å². The van der Waals surface area contributed by atoms with Crippen molar-refractivity contribution in [2.24, 2.45) is 0 Å². The molecule has 3 nitrogen and oxygen atoms in total. The van der Waals surface area contributed by atoms with Crippen molar-refractivity contribution >= 4 is 5.82 Å². The van der Waals surface area contributed by atoms with Crippen LogP contribution in [0, 0.1) is 6.92 Å². The highest BCUT2D eigenvalue weighted by molar-refractivity contribution is 5.67. The van der Waals surface area contributed by atoms with E-state index in [1.807, 2.05) is 0 Å². The Kier molecular flexibility index (Phi) is 3.92. The molecule has 1 N–H and O–H groups in total. The molecule has 0 saturated carbocycles. The van der Waals surface area contributed by atoms with E-state index in [-0.39, 0.29) is 0 Å². The fourth-order valence-electron chi connectivity index (χ4n) is 1.99. The molecule has 0 saturated heterocycles. The summed E-state index contributed by atoms with van der Waals surface area (Å²) < 4.78 is 0. The van der Waals surface area contributed by atoms with Crippen LogP contribution in [-0.2, 0) is 6.42 Å². The van der Waals surface area contributed by atoms with Gasteiger partial charge in [0.05, 0.1) is 5.69 Å². The Balaban J connectivity index is 2.40. The van der Waals surface area contributed by atoms with E-state index in [0.29, 0.717) is 0 Å². The van der Waals surface area contributed by atoms with Gasteiger partial charge in [-0.25, -0.2) is 9.97 Å². The standard InChI is InChI=1S/C15H19N3/c1-4-12-6-8-13(9-7-12)14-11(3)15(16-5-2)18-10-17-14/h6-10H,4-5H2,1-3H3,(H,16,17,18). The van der Waals surface area contributed by atoms with Crippen LogP contribution in [0.4, 0.5) is 5.82 Å². The van der Waals surface area contributed by atoms with E-state index in [0.717, 1.165) is 35.6 Å². The Bertz CT molecular complexity index is 518. The van der Waals surface area contributed by atoms with Gasteiger partial charge in [-0.05, 0) is 25.8 Å². The van der Waals surface area contributed by atoms with Gasteiger partial charge in [0.1, 0.15) is 12.1 Å². The molecule has 1 aromatic carbocycles. The fourth-order valence-corrected chi connectivity index (χ4v) is 1.99. The molecule has 2 rings (SSSR count). The molecule has 0 spiro atoms. The van der Waals surface area contributed by atoms with Crippen LogP contribution in [0.3, 0.4) is 0 Å². The van der Waals surface area contributed by atoms with Crippen molar-refractivity contribution in [2.45, 2.75) is 27.2 Å². The molecule has 0 radical (unpaired) electrons. The van der Waals surface area contributed by atoms with Gasteiger partial charge in [0, 0.05) is 17.7 Å².